The molecule has 0 aromatic heterocycles. The van der Waals surface area contributed by atoms with E-state index in [9.17, 15) is 4.79 Å². The van der Waals surface area contributed by atoms with E-state index in [0.717, 1.165) is 17.3 Å². The van der Waals surface area contributed by atoms with E-state index in [-0.39, 0.29) is 0 Å². The van der Waals surface area contributed by atoms with Crippen LogP contribution in [0.25, 0.3) is 0 Å². The summed E-state index contributed by atoms with van der Waals surface area (Å²) in [6.45, 7) is 6.28. The minimum absolute atomic E-state index is 0.371. The predicted molar refractivity (Wildman–Crippen MR) is 76.4 cm³/mol. The molecule has 0 aliphatic rings. The van der Waals surface area contributed by atoms with Gasteiger partial charge in [-0.3, -0.25) is 4.79 Å². The van der Waals surface area contributed by atoms with Gasteiger partial charge in [0.15, 0.2) is 0 Å². The van der Waals surface area contributed by atoms with E-state index in [1.54, 1.807) is 0 Å². The fourth-order valence-corrected chi connectivity index (χ4v) is 2.54. The molecular formula is C15H21BrO. The van der Waals surface area contributed by atoms with Crippen LogP contribution < -0.4 is 0 Å². The zero-order valence-electron chi connectivity index (χ0n) is 10.9. The van der Waals surface area contributed by atoms with Crippen LogP contribution >= 0.6 is 15.9 Å². The van der Waals surface area contributed by atoms with Crippen LogP contribution in [0, 0.1) is 6.92 Å². The number of carbonyl (C=O) groups is 1. The molecule has 1 aromatic carbocycles. The maximum Gasteiger partial charge on any atom is 0.132 e. The summed E-state index contributed by atoms with van der Waals surface area (Å²) < 4.78 is 1.16. The molecule has 0 aliphatic carbocycles. The van der Waals surface area contributed by atoms with Crippen molar-refractivity contribution in [3.63, 3.8) is 0 Å². The van der Waals surface area contributed by atoms with E-state index in [4.69, 9.17) is 0 Å². The molecule has 0 saturated heterocycles. The van der Waals surface area contributed by atoms with Crippen molar-refractivity contribution in [3.8, 4) is 0 Å². The lowest BCUT2D eigenvalue weighted by atomic mass is 9.88. The number of carbonyl (C=O) groups excluding carboxylic acids is 1. The van der Waals surface area contributed by atoms with Crippen molar-refractivity contribution in [3.05, 3.63) is 33.8 Å². The number of hydrogen-bond acceptors (Lipinski definition) is 1. The topological polar surface area (TPSA) is 17.1 Å². The maximum absolute atomic E-state index is 11.4. The maximum atomic E-state index is 11.4. The Morgan fingerprint density at radius 2 is 2.06 bits per heavy atom. The summed E-state index contributed by atoms with van der Waals surface area (Å²) in [4.78, 5) is 11.4. The number of rotatable bonds is 6. The molecule has 0 N–H and O–H groups in total. The van der Waals surface area contributed by atoms with Gasteiger partial charge in [0, 0.05) is 17.3 Å². The summed E-state index contributed by atoms with van der Waals surface area (Å²) in [6.07, 6.45) is 3.43. The van der Waals surface area contributed by atoms with Gasteiger partial charge in [0.2, 0.25) is 0 Å². The number of halogens is 1. The highest BCUT2D eigenvalue weighted by Gasteiger charge is 2.14. The fraction of sp³-hybridized carbons (Fsp3) is 0.533. The second kappa shape index (κ2) is 6.95. The van der Waals surface area contributed by atoms with Gasteiger partial charge in [0.25, 0.3) is 0 Å². The van der Waals surface area contributed by atoms with Crippen molar-refractivity contribution in [1.82, 2.24) is 0 Å². The lowest BCUT2D eigenvalue weighted by molar-refractivity contribution is -0.118. The minimum atomic E-state index is 0.371. The van der Waals surface area contributed by atoms with Gasteiger partial charge in [-0.2, -0.15) is 0 Å². The molecule has 0 saturated carbocycles. The van der Waals surface area contributed by atoms with Crippen molar-refractivity contribution >= 4 is 21.7 Å². The summed E-state index contributed by atoms with van der Waals surface area (Å²) in [7, 11) is 0. The SMILES string of the molecule is CCC(=O)CCC(CC)c1cccc(Br)c1C. The Bertz CT molecular complexity index is 385. The first-order valence-corrected chi connectivity index (χ1v) is 7.16. The molecule has 1 unspecified atom stereocenters. The number of ketones is 1. The monoisotopic (exact) mass is 296 g/mol. The molecule has 0 bridgehead atoms. The van der Waals surface area contributed by atoms with Gasteiger partial charge >= 0.3 is 0 Å². The van der Waals surface area contributed by atoms with Crippen LogP contribution in [0.15, 0.2) is 22.7 Å². The molecule has 0 heterocycles. The number of benzene rings is 1. The zero-order chi connectivity index (χ0) is 12.8. The molecule has 1 nitrogen and oxygen atoms in total. The van der Waals surface area contributed by atoms with Crippen LogP contribution in [0.3, 0.4) is 0 Å². The Morgan fingerprint density at radius 3 is 2.65 bits per heavy atom. The Kier molecular flexibility index (Phi) is 5.90. The van der Waals surface area contributed by atoms with Gasteiger partial charge in [-0.05, 0) is 42.9 Å². The Labute approximate surface area is 113 Å². The quantitative estimate of drug-likeness (QED) is 0.721. The first-order chi connectivity index (χ1) is 8.10. The highest BCUT2D eigenvalue weighted by Crippen LogP contribution is 2.31. The molecule has 94 valence electrons. The third-order valence-corrected chi connectivity index (χ3v) is 4.27. The summed E-state index contributed by atoms with van der Waals surface area (Å²) in [5, 5.41) is 0. The summed E-state index contributed by atoms with van der Waals surface area (Å²) >= 11 is 3.57. The van der Waals surface area contributed by atoms with Crippen LogP contribution in [0.1, 0.15) is 56.6 Å². The van der Waals surface area contributed by atoms with E-state index in [1.165, 1.54) is 11.1 Å². The molecule has 17 heavy (non-hydrogen) atoms. The Morgan fingerprint density at radius 1 is 1.35 bits per heavy atom. The summed E-state index contributed by atoms with van der Waals surface area (Å²) in [6, 6.07) is 6.34. The fourth-order valence-electron chi connectivity index (χ4n) is 2.16. The van der Waals surface area contributed by atoms with E-state index in [1.807, 2.05) is 6.92 Å². The molecule has 1 atom stereocenters. The van der Waals surface area contributed by atoms with Crippen LogP contribution in [0.5, 0.6) is 0 Å². The number of hydrogen-bond donors (Lipinski definition) is 0. The third kappa shape index (κ3) is 3.95. The Balaban J connectivity index is 2.79. The predicted octanol–water partition coefficient (Wildman–Crippen LogP) is 5.01. The van der Waals surface area contributed by atoms with Gasteiger partial charge in [-0.15, -0.1) is 0 Å². The van der Waals surface area contributed by atoms with Crippen LogP contribution in [-0.2, 0) is 4.79 Å². The van der Waals surface area contributed by atoms with Crippen molar-refractivity contribution in [2.24, 2.45) is 0 Å². The lowest BCUT2D eigenvalue weighted by Gasteiger charge is -2.18. The average Bonchev–Trinajstić information content (AvgIpc) is 2.34. The second-order valence-electron chi connectivity index (χ2n) is 4.49. The van der Waals surface area contributed by atoms with Crippen molar-refractivity contribution in [2.75, 3.05) is 0 Å². The average molecular weight is 297 g/mol. The normalized spacial score (nSPS) is 12.5. The zero-order valence-corrected chi connectivity index (χ0v) is 12.5. The van der Waals surface area contributed by atoms with Crippen molar-refractivity contribution in [2.45, 2.75) is 52.4 Å². The number of Topliss-reactive ketones (excluding diaryl/α,β-unsaturated/α-hetero) is 1. The first kappa shape index (κ1) is 14.4. The van der Waals surface area contributed by atoms with Gasteiger partial charge in [0.1, 0.15) is 5.78 Å². The molecule has 0 fully saturated rings. The van der Waals surface area contributed by atoms with Crippen LogP contribution in [-0.4, -0.2) is 5.78 Å². The van der Waals surface area contributed by atoms with Crippen molar-refractivity contribution in [1.29, 1.82) is 0 Å². The van der Waals surface area contributed by atoms with E-state index in [0.29, 0.717) is 24.5 Å². The van der Waals surface area contributed by atoms with E-state index < -0.39 is 0 Å². The first-order valence-electron chi connectivity index (χ1n) is 6.36. The molecular weight excluding hydrogens is 276 g/mol. The largest absolute Gasteiger partial charge is 0.300 e. The molecule has 1 aromatic rings. The lowest BCUT2D eigenvalue weighted by Crippen LogP contribution is -2.04. The molecule has 0 spiro atoms. The molecule has 1 rings (SSSR count). The minimum Gasteiger partial charge on any atom is -0.300 e. The Hall–Kier alpha value is -0.630. The van der Waals surface area contributed by atoms with E-state index in [2.05, 4.69) is 48.0 Å². The van der Waals surface area contributed by atoms with Gasteiger partial charge in [-0.1, -0.05) is 41.9 Å². The standard InChI is InChI=1S/C15H21BrO/c1-4-12(9-10-13(17)5-2)14-7-6-8-15(16)11(14)3/h6-8,12H,4-5,9-10H2,1-3H3. The van der Waals surface area contributed by atoms with Crippen molar-refractivity contribution < 1.29 is 4.79 Å². The summed E-state index contributed by atoms with van der Waals surface area (Å²) in [5.74, 6) is 0.874. The smallest absolute Gasteiger partial charge is 0.132 e. The third-order valence-electron chi connectivity index (χ3n) is 3.41. The summed E-state index contributed by atoms with van der Waals surface area (Å²) in [5.41, 5.74) is 2.69. The highest BCUT2D eigenvalue weighted by atomic mass is 79.9. The molecule has 2 heteroatoms. The molecule has 0 aliphatic heterocycles. The van der Waals surface area contributed by atoms with Gasteiger partial charge in [-0.25, -0.2) is 0 Å². The second-order valence-corrected chi connectivity index (χ2v) is 5.34. The van der Waals surface area contributed by atoms with Crippen LogP contribution in [0.2, 0.25) is 0 Å². The molecule has 0 amide bonds. The molecule has 0 radical (unpaired) electrons. The highest BCUT2D eigenvalue weighted by molar-refractivity contribution is 9.10. The van der Waals surface area contributed by atoms with E-state index >= 15 is 0 Å². The van der Waals surface area contributed by atoms with Gasteiger partial charge in [0.05, 0.1) is 0 Å². The van der Waals surface area contributed by atoms with Gasteiger partial charge < -0.3 is 0 Å². The van der Waals surface area contributed by atoms with Crippen LogP contribution in [0.4, 0.5) is 0 Å².